The number of carbonyl (C=O) groups is 2. The summed E-state index contributed by atoms with van der Waals surface area (Å²) in [6, 6.07) is 2.57. The summed E-state index contributed by atoms with van der Waals surface area (Å²) in [5.41, 5.74) is 4.53. The Balaban J connectivity index is 1.92. The molecule has 1 fully saturated rings. The second-order valence-corrected chi connectivity index (χ2v) is 6.18. The average molecular weight is 354 g/mol. The van der Waals surface area contributed by atoms with E-state index in [1.165, 1.54) is 11.9 Å². The monoisotopic (exact) mass is 354 g/mol. The Bertz CT molecular complexity index is 857. The number of likely N-dealkylation sites (N-methyl/N-ethyl adjacent to an activating group) is 2. The maximum Gasteiger partial charge on any atom is 0.414 e. The van der Waals surface area contributed by atoms with Crippen molar-refractivity contribution in [1.82, 2.24) is 20.2 Å². The summed E-state index contributed by atoms with van der Waals surface area (Å²) in [5, 5.41) is 4.17. The molecule has 1 aromatic heterocycles. The predicted molar refractivity (Wildman–Crippen MR) is 97.1 cm³/mol. The molecule has 2 aliphatic heterocycles. The van der Waals surface area contributed by atoms with Crippen molar-refractivity contribution in [1.29, 1.82) is 0 Å². The number of hydrazone groups is 1. The first-order valence-electron chi connectivity index (χ1n) is 8.01. The van der Waals surface area contributed by atoms with Crippen molar-refractivity contribution in [3.63, 3.8) is 0 Å². The minimum atomic E-state index is -0.685. The molecule has 3 amide bonds. The number of pyridine rings is 1. The Morgan fingerprint density at radius 1 is 1.42 bits per heavy atom. The van der Waals surface area contributed by atoms with Crippen molar-refractivity contribution < 1.29 is 14.2 Å². The number of urea groups is 1. The van der Waals surface area contributed by atoms with E-state index in [4.69, 9.17) is 0 Å². The molecule has 134 valence electrons. The van der Waals surface area contributed by atoms with Gasteiger partial charge in [0.15, 0.2) is 0 Å². The van der Waals surface area contributed by atoms with Gasteiger partial charge in [0.2, 0.25) is 11.9 Å². The summed E-state index contributed by atoms with van der Waals surface area (Å²) in [5.74, 6) is 0.427. The fraction of sp³-hybridized carbons (Fsp3) is 0.294. The van der Waals surface area contributed by atoms with Crippen molar-refractivity contribution in [3.05, 3.63) is 42.2 Å². The van der Waals surface area contributed by atoms with Gasteiger partial charge in [-0.25, -0.2) is 9.37 Å². The number of amides is 3. The van der Waals surface area contributed by atoms with Crippen molar-refractivity contribution in [2.45, 2.75) is 13.0 Å². The van der Waals surface area contributed by atoms with Crippen LogP contribution in [0.5, 0.6) is 0 Å². The normalized spacial score (nSPS) is 20.0. The van der Waals surface area contributed by atoms with Crippen LogP contribution in [-0.2, 0) is 4.79 Å². The van der Waals surface area contributed by atoms with Crippen molar-refractivity contribution >= 4 is 29.9 Å². The molecule has 1 unspecified atom stereocenters. The minimum Gasteiger partial charge on any atom is -0.270 e. The number of aliphatic imine (C=N–C) groups is 1. The zero-order valence-electron chi connectivity index (χ0n) is 14.9. The number of imide groups is 1. The van der Waals surface area contributed by atoms with Crippen LogP contribution in [0.15, 0.2) is 46.8 Å². The van der Waals surface area contributed by atoms with E-state index in [-0.39, 0.29) is 5.91 Å². The zero-order chi connectivity index (χ0) is 18.8. The van der Waals surface area contributed by atoms with Crippen LogP contribution in [0.25, 0.3) is 0 Å². The summed E-state index contributed by atoms with van der Waals surface area (Å²) in [6.07, 6.45) is 4.95. The summed E-state index contributed by atoms with van der Waals surface area (Å²) in [4.78, 5) is 35.7. The number of rotatable bonds is 4. The van der Waals surface area contributed by atoms with Gasteiger partial charge in [-0.05, 0) is 18.6 Å². The molecule has 9 heteroatoms. The summed E-state index contributed by atoms with van der Waals surface area (Å²) >= 11 is 0. The van der Waals surface area contributed by atoms with Crippen LogP contribution >= 0.6 is 0 Å². The lowest BCUT2D eigenvalue weighted by Crippen LogP contribution is -2.61. The van der Waals surface area contributed by atoms with Gasteiger partial charge >= 0.3 is 12.0 Å². The summed E-state index contributed by atoms with van der Waals surface area (Å²) < 4.78 is 1.75. The Labute approximate surface area is 151 Å². The molecule has 9 nitrogen and oxygen atoms in total. The van der Waals surface area contributed by atoms with Crippen LogP contribution in [0.3, 0.4) is 0 Å². The largest absolute Gasteiger partial charge is 0.414 e. The van der Waals surface area contributed by atoms with Crippen molar-refractivity contribution in [2.24, 2.45) is 10.1 Å². The number of nitrogens with one attached hydrogen (secondary N) is 1. The predicted octanol–water partition coefficient (Wildman–Crippen LogP) is 0.254. The molecule has 1 aromatic rings. The Morgan fingerprint density at radius 2 is 2.19 bits per heavy atom. The molecule has 0 spiro atoms. The second-order valence-electron chi connectivity index (χ2n) is 6.18. The van der Waals surface area contributed by atoms with Gasteiger partial charge in [-0.3, -0.25) is 19.6 Å². The zero-order valence-corrected chi connectivity index (χ0v) is 14.9. The van der Waals surface area contributed by atoms with Crippen LogP contribution in [-0.4, -0.2) is 76.0 Å². The lowest BCUT2D eigenvalue weighted by atomic mass is 10.1. The molecule has 3 rings (SSSR count). The van der Waals surface area contributed by atoms with E-state index in [1.807, 2.05) is 13.0 Å². The topological polar surface area (TPSA) is 93.3 Å². The average Bonchev–Trinajstić information content (AvgIpc) is 2.97. The van der Waals surface area contributed by atoms with E-state index in [1.54, 1.807) is 36.3 Å². The van der Waals surface area contributed by atoms with Crippen molar-refractivity contribution in [2.75, 3.05) is 20.6 Å². The van der Waals surface area contributed by atoms with E-state index >= 15 is 0 Å². The number of nitrogens with zero attached hydrogens (tertiary/aromatic N) is 6. The number of guanidine groups is 1. The van der Waals surface area contributed by atoms with Gasteiger partial charge in [-0.1, -0.05) is 17.6 Å². The van der Waals surface area contributed by atoms with E-state index in [0.29, 0.717) is 18.3 Å². The van der Waals surface area contributed by atoms with Crippen molar-refractivity contribution in [3.8, 4) is 0 Å². The Hall–Kier alpha value is -3.36. The van der Waals surface area contributed by atoms with E-state index in [2.05, 4.69) is 27.1 Å². The van der Waals surface area contributed by atoms with Crippen LogP contribution in [0.1, 0.15) is 12.5 Å². The molecule has 1 saturated heterocycles. The fourth-order valence-electron chi connectivity index (χ4n) is 2.76. The Morgan fingerprint density at radius 3 is 2.85 bits per heavy atom. The molecular formula is C17H20N7O2+. The number of carbonyl (C=O) groups excluding carboxylic acids is 2. The quantitative estimate of drug-likeness (QED) is 0.363. The molecule has 0 aromatic carbocycles. The third-order valence-electron chi connectivity index (χ3n) is 4.03. The van der Waals surface area contributed by atoms with Crippen LogP contribution in [0, 0.1) is 0 Å². The lowest BCUT2D eigenvalue weighted by Gasteiger charge is -2.31. The molecule has 1 N–H and O–H groups in total. The fourth-order valence-corrected chi connectivity index (χ4v) is 2.76. The highest BCUT2D eigenvalue weighted by molar-refractivity contribution is 6.22. The van der Waals surface area contributed by atoms with Gasteiger partial charge in [0, 0.05) is 32.1 Å². The van der Waals surface area contributed by atoms with Crippen LogP contribution < -0.4 is 5.43 Å². The Kier molecular flexibility index (Phi) is 4.61. The molecule has 0 aliphatic carbocycles. The third-order valence-corrected chi connectivity index (χ3v) is 4.03. The first-order chi connectivity index (χ1) is 12.4. The molecule has 3 heterocycles. The van der Waals surface area contributed by atoms with Gasteiger partial charge < -0.3 is 0 Å². The lowest BCUT2D eigenvalue weighted by molar-refractivity contribution is -0.529. The molecule has 0 saturated carbocycles. The summed E-state index contributed by atoms with van der Waals surface area (Å²) in [6.45, 7) is 6.18. The molecule has 0 radical (unpaired) electrons. The second kappa shape index (κ2) is 6.87. The first-order valence-corrected chi connectivity index (χ1v) is 8.01. The van der Waals surface area contributed by atoms with E-state index in [9.17, 15) is 9.59 Å². The number of amidine groups is 1. The van der Waals surface area contributed by atoms with Gasteiger partial charge in [0.05, 0.1) is 12.8 Å². The molecule has 26 heavy (non-hydrogen) atoms. The third kappa shape index (κ3) is 3.10. The highest BCUT2D eigenvalue weighted by Gasteiger charge is 2.51. The first kappa shape index (κ1) is 17.5. The molecule has 2 aliphatic rings. The van der Waals surface area contributed by atoms with E-state index in [0.717, 1.165) is 16.0 Å². The number of aromatic nitrogens is 1. The van der Waals surface area contributed by atoms with Crippen LogP contribution in [0.4, 0.5) is 4.79 Å². The van der Waals surface area contributed by atoms with Gasteiger partial charge in [-0.15, -0.1) is 5.10 Å². The minimum absolute atomic E-state index is 0.332. The van der Waals surface area contributed by atoms with Gasteiger partial charge in [0.1, 0.15) is 0 Å². The number of hydrogen-bond acceptors (Lipinski definition) is 6. The highest BCUT2D eigenvalue weighted by Crippen LogP contribution is 2.18. The summed E-state index contributed by atoms with van der Waals surface area (Å²) in [7, 11) is 3.06. The number of fused-ring (bicyclic) bond motifs is 1. The smallest absolute Gasteiger partial charge is 0.270 e. The molecular weight excluding hydrogens is 334 g/mol. The van der Waals surface area contributed by atoms with Gasteiger partial charge in [-0.2, -0.15) is 5.43 Å². The molecule has 1 atom stereocenters. The standard InChI is InChI=1S/C17H19N7O2/c1-11(2)10-24-13-14(22(3)17(26)23(4)15(13)25)20-16(24)21-19-9-12-6-5-7-18-8-12/h5-9,13H,1,10H2,2-4H3/p+1/b19-9+. The highest BCUT2D eigenvalue weighted by atomic mass is 16.2. The SMILES string of the molecule is C=C(C)C[N+]1=C(N/N=C/c2cccnc2)N=C2C1C(=O)N(C)C(=O)N2C. The molecule has 0 bridgehead atoms. The van der Waals surface area contributed by atoms with Gasteiger partial charge in [0.25, 0.3) is 5.91 Å². The number of hydrogen-bond donors (Lipinski definition) is 1. The maximum absolute atomic E-state index is 12.6. The maximum atomic E-state index is 12.6. The van der Waals surface area contributed by atoms with E-state index < -0.39 is 12.1 Å². The van der Waals surface area contributed by atoms with Crippen LogP contribution in [0.2, 0.25) is 0 Å².